The molecule has 1 saturated heterocycles. The van der Waals surface area contributed by atoms with Crippen molar-refractivity contribution < 1.29 is 27.1 Å². The van der Waals surface area contributed by atoms with E-state index in [4.69, 9.17) is 0 Å². The Labute approximate surface area is 99.7 Å². The van der Waals surface area contributed by atoms with Gasteiger partial charge in [0.1, 0.15) is 5.82 Å². The Balaban J connectivity index is 2.32. The lowest BCUT2D eigenvalue weighted by Gasteiger charge is -2.24. The number of rotatable bonds is 1. The Morgan fingerprint density at radius 1 is 1.33 bits per heavy atom. The number of carbonyl (C=O) groups excluding carboxylic acids is 1. The summed E-state index contributed by atoms with van der Waals surface area (Å²) in [6.07, 6.45) is -5.10. The van der Waals surface area contributed by atoms with Crippen LogP contribution in [0.3, 0.4) is 0 Å². The molecule has 0 radical (unpaired) electrons. The van der Waals surface area contributed by atoms with Crippen LogP contribution in [0.4, 0.5) is 22.4 Å². The maximum absolute atomic E-state index is 13.1. The zero-order valence-electron chi connectivity index (χ0n) is 9.05. The third kappa shape index (κ3) is 2.55. The number of hydrogen-bond acceptors (Lipinski definition) is 2. The fourth-order valence-electron chi connectivity index (χ4n) is 1.75. The molecule has 3 nitrogen and oxygen atoms in total. The number of ether oxygens (including phenoxy) is 1. The first-order valence-corrected chi connectivity index (χ1v) is 5.18. The smallest absolute Gasteiger partial charge is 0.419 e. The summed E-state index contributed by atoms with van der Waals surface area (Å²) in [4.78, 5) is 11.0. The Morgan fingerprint density at radius 2 is 2.06 bits per heavy atom. The molecule has 1 N–H and O–H groups in total. The number of alkyl halides is 3. The van der Waals surface area contributed by atoms with Crippen LogP contribution in [0, 0.1) is 5.82 Å². The zero-order chi connectivity index (χ0) is 13.3. The molecule has 7 heteroatoms. The second-order valence-electron chi connectivity index (χ2n) is 3.86. The van der Waals surface area contributed by atoms with E-state index in [0.717, 1.165) is 6.07 Å². The second kappa shape index (κ2) is 4.47. The monoisotopic (exact) mass is 263 g/mol. The van der Waals surface area contributed by atoms with Crippen LogP contribution in [-0.4, -0.2) is 12.7 Å². The minimum atomic E-state index is -4.75. The van der Waals surface area contributed by atoms with E-state index in [0.29, 0.717) is 12.5 Å². The van der Waals surface area contributed by atoms with Gasteiger partial charge in [0.05, 0.1) is 18.2 Å². The van der Waals surface area contributed by atoms with Crippen LogP contribution in [-0.2, 0) is 10.9 Å². The van der Waals surface area contributed by atoms with E-state index >= 15 is 0 Å². The number of cyclic esters (lactones) is 1. The van der Waals surface area contributed by atoms with Gasteiger partial charge in [-0.2, -0.15) is 13.2 Å². The van der Waals surface area contributed by atoms with Gasteiger partial charge in [-0.1, -0.05) is 6.07 Å². The maximum Gasteiger partial charge on any atom is 0.419 e. The molecule has 2 rings (SSSR count). The highest BCUT2D eigenvalue weighted by atomic mass is 19.4. The summed E-state index contributed by atoms with van der Waals surface area (Å²) in [5, 5.41) is 2.38. The van der Waals surface area contributed by atoms with Gasteiger partial charge in [0.15, 0.2) is 0 Å². The highest BCUT2D eigenvalue weighted by Gasteiger charge is 2.35. The Bertz CT molecular complexity index is 473. The Hall–Kier alpha value is -1.79. The van der Waals surface area contributed by atoms with Crippen molar-refractivity contribution in [2.75, 3.05) is 6.61 Å². The summed E-state index contributed by atoms with van der Waals surface area (Å²) >= 11 is 0. The summed E-state index contributed by atoms with van der Waals surface area (Å²) in [6.45, 7) is 0.120. The van der Waals surface area contributed by atoms with E-state index < -0.39 is 29.7 Å². The topological polar surface area (TPSA) is 38.3 Å². The van der Waals surface area contributed by atoms with Crippen LogP contribution in [0.1, 0.15) is 23.6 Å². The van der Waals surface area contributed by atoms with Gasteiger partial charge in [0.25, 0.3) is 0 Å². The highest BCUT2D eigenvalue weighted by Crippen LogP contribution is 2.33. The summed E-state index contributed by atoms with van der Waals surface area (Å²) in [5.41, 5.74) is -1.12. The first kappa shape index (κ1) is 12.7. The Kier molecular flexibility index (Phi) is 3.14. The molecular weight excluding hydrogens is 254 g/mol. The van der Waals surface area contributed by atoms with E-state index in [9.17, 15) is 22.4 Å². The molecule has 1 heterocycles. The van der Waals surface area contributed by atoms with Crippen LogP contribution in [0.2, 0.25) is 0 Å². The molecule has 0 saturated carbocycles. The average molecular weight is 263 g/mol. The number of amides is 1. The van der Waals surface area contributed by atoms with Gasteiger partial charge in [-0.3, -0.25) is 0 Å². The van der Waals surface area contributed by atoms with Crippen molar-refractivity contribution in [3.05, 3.63) is 35.1 Å². The number of halogens is 4. The molecule has 1 aromatic rings. The van der Waals surface area contributed by atoms with Crippen molar-refractivity contribution in [2.45, 2.75) is 18.6 Å². The van der Waals surface area contributed by atoms with E-state index in [1.807, 2.05) is 0 Å². The molecule has 18 heavy (non-hydrogen) atoms. The van der Waals surface area contributed by atoms with E-state index in [1.54, 1.807) is 0 Å². The van der Waals surface area contributed by atoms with Crippen LogP contribution in [0.5, 0.6) is 0 Å². The molecule has 0 bridgehead atoms. The highest BCUT2D eigenvalue weighted by molar-refractivity contribution is 5.68. The lowest BCUT2D eigenvalue weighted by atomic mass is 10.0. The maximum atomic E-state index is 13.1. The van der Waals surface area contributed by atoms with Crippen molar-refractivity contribution in [1.82, 2.24) is 5.32 Å². The summed E-state index contributed by atoms with van der Waals surface area (Å²) < 4.78 is 55.2. The third-order valence-corrected chi connectivity index (χ3v) is 2.63. The van der Waals surface area contributed by atoms with Gasteiger partial charge >= 0.3 is 12.3 Å². The van der Waals surface area contributed by atoms with Gasteiger partial charge in [-0.25, -0.2) is 9.18 Å². The number of hydrogen-bond donors (Lipinski definition) is 1. The quantitative estimate of drug-likeness (QED) is 0.791. The van der Waals surface area contributed by atoms with Crippen molar-refractivity contribution in [3.8, 4) is 0 Å². The SMILES string of the molecule is O=C1N[C@@H](c2ccc(F)c(C(F)(F)F)c2)CCO1. The van der Waals surface area contributed by atoms with Gasteiger partial charge in [0, 0.05) is 6.42 Å². The lowest BCUT2D eigenvalue weighted by Crippen LogP contribution is -2.35. The molecule has 0 aromatic heterocycles. The van der Waals surface area contributed by atoms with Gasteiger partial charge < -0.3 is 10.1 Å². The fourth-order valence-corrected chi connectivity index (χ4v) is 1.75. The minimum Gasteiger partial charge on any atom is -0.449 e. The molecule has 0 spiro atoms. The third-order valence-electron chi connectivity index (χ3n) is 2.63. The molecule has 1 amide bonds. The molecule has 98 valence electrons. The van der Waals surface area contributed by atoms with E-state index in [1.165, 1.54) is 6.07 Å². The fraction of sp³-hybridized carbons (Fsp3) is 0.364. The molecule has 1 fully saturated rings. The van der Waals surface area contributed by atoms with Gasteiger partial charge in [0.2, 0.25) is 0 Å². The van der Waals surface area contributed by atoms with Crippen LogP contribution in [0.25, 0.3) is 0 Å². The molecule has 1 aliphatic rings. The van der Waals surface area contributed by atoms with Crippen molar-refractivity contribution in [2.24, 2.45) is 0 Å². The Morgan fingerprint density at radius 3 is 2.67 bits per heavy atom. The zero-order valence-corrected chi connectivity index (χ0v) is 9.05. The summed E-state index contributed by atoms with van der Waals surface area (Å²) in [6, 6.07) is 2.10. The molecule has 0 unspecified atom stereocenters. The van der Waals surface area contributed by atoms with Crippen molar-refractivity contribution in [1.29, 1.82) is 0 Å². The molecule has 1 aliphatic heterocycles. The largest absolute Gasteiger partial charge is 0.449 e. The number of carbonyl (C=O) groups is 1. The van der Waals surface area contributed by atoms with E-state index in [2.05, 4.69) is 10.1 Å². The average Bonchev–Trinajstić information content (AvgIpc) is 2.28. The van der Waals surface area contributed by atoms with Gasteiger partial charge in [-0.05, 0) is 17.7 Å². The van der Waals surface area contributed by atoms with E-state index in [-0.39, 0.29) is 12.2 Å². The summed E-state index contributed by atoms with van der Waals surface area (Å²) in [7, 11) is 0. The lowest BCUT2D eigenvalue weighted by molar-refractivity contribution is -0.140. The molecular formula is C11H9F4NO2. The predicted octanol–water partition coefficient (Wildman–Crippen LogP) is 3.02. The minimum absolute atomic E-state index is 0.120. The van der Waals surface area contributed by atoms with Crippen LogP contribution >= 0.6 is 0 Å². The number of benzene rings is 1. The first-order valence-electron chi connectivity index (χ1n) is 5.18. The molecule has 1 aromatic carbocycles. The first-order chi connectivity index (χ1) is 8.38. The second-order valence-corrected chi connectivity index (χ2v) is 3.86. The normalized spacial score (nSPS) is 20.2. The van der Waals surface area contributed by atoms with Crippen molar-refractivity contribution in [3.63, 3.8) is 0 Å². The number of nitrogens with one attached hydrogen (secondary N) is 1. The standard InChI is InChI=1S/C11H9F4NO2/c12-8-2-1-6(5-7(8)11(13,14)15)9-3-4-18-10(17)16-9/h1-2,5,9H,3-4H2,(H,16,17)/t9-/m1/s1. The van der Waals surface area contributed by atoms with Crippen LogP contribution in [0.15, 0.2) is 18.2 Å². The van der Waals surface area contributed by atoms with Gasteiger partial charge in [-0.15, -0.1) is 0 Å². The molecule has 1 atom stereocenters. The summed E-state index contributed by atoms with van der Waals surface area (Å²) in [5.74, 6) is -1.33. The van der Waals surface area contributed by atoms with Crippen molar-refractivity contribution >= 4 is 6.09 Å². The van der Waals surface area contributed by atoms with Crippen LogP contribution < -0.4 is 5.32 Å². The molecule has 0 aliphatic carbocycles. The predicted molar refractivity (Wildman–Crippen MR) is 53.2 cm³/mol. The number of alkyl carbamates (subject to hydrolysis) is 1.